The van der Waals surface area contributed by atoms with Crippen LogP contribution in [0.2, 0.25) is 0 Å². The molecule has 1 rings (SSSR count). The Morgan fingerprint density at radius 2 is 2.50 bits per heavy atom. The fourth-order valence-electron chi connectivity index (χ4n) is 0.541. The molecule has 1 fully saturated rings. The maximum atomic E-state index is 11.9. The van der Waals surface area contributed by atoms with Gasteiger partial charge in [0.25, 0.3) is 0 Å². The summed E-state index contributed by atoms with van der Waals surface area (Å²) in [7, 11) is 0. The van der Waals surface area contributed by atoms with Crippen molar-refractivity contribution in [2.24, 2.45) is 11.0 Å². The average Bonchev–Trinajstić information content (AvgIpc) is 2.42. The Labute approximate surface area is 46.1 Å². The highest BCUT2D eigenvalue weighted by atomic mass is 19.1. The van der Waals surface area contributed by atoms with E-state index in [0.717, 1.165) is 0 Å². The summed E-state index contributed by atoms with van der Waals surface area (Å²) in [5.74, 6) is 0.0332. The van der Waals surface area contributed by atoms with E-state index in [1.165, 1.54) is 0 Å². The molecule has 0 radical (unpaired) electrons. The monoisotopic (exact) mass is 115 g/mol. The highest BCUT2D eigenvalue weighted by molar-refractivity contribution is 4.87. The van der Waals surface area contributed by atoms with E-state index in [1.54, 1.807) is 0 Å². The van der Waals surface area contributed by atoms with Gasteiger partial charge in [-0.1, -0.05) is 5.11 Å². The molecule has 1 aliphatic carbocycles. The molecule has 0 unspecified atom stereocenters. The molecule has 0 heterocycles. The topological polar surface area (TPSA) is 48.8 Å². The Balaban J connectivity index is 2.13. The van der Waals surface area contributed by atoms with Gasteiger partial charge in [-0.05, 0) is 17.9 Å². The van der Waals surface area contributed by atoms with Crippen molar-refractivity contribution in [2.75, 3.05) is 6.54 Å². The van der Waals surface area contributed by atoms with Gasteiger partial charge in [-0.15, -0.1) is 0 Å². The number of rotatable bonds is 2. The molecule has 0 aromatic rings. The third kappa shape index (κ3) is 1.10. The van der Waals surface area contributed by atoms with E-state index in [4.69, 9.17) is 5.53 Å². The molecule has 0 saturated heterocycles. The molecule has 1 aliphatic rings. The quantitative estimate of drug-likeness (QED) is 0.298. The van der Waals surface area contributed by atoms with Gasteiger partial charge in [0.15, 0.2) is 0 Å². The largest absolute Gasteiger partial charge is 0.247 e. The van der Waals surface area contributed by atoms with Gasteiger partial charge in [-0.2, -0.15) is 0 Å². The maximum Gasteiger partial charge on any atom is 0.104 e. The summed E-state index contributed by atoms with van der Waals surface area (Å²) in [5.41, 5.74) is 7.77. The molecular weight excluding hydrogens is 109 g/mol. The zero-order chi connectivity index (χ0) is 5.98. The Kier molecular flexibility index (Phi) is 1.35. The molecule has 44 valence electrons. The fourth-order valence-corrected chi connectivity index (χ4v) is 0.541. The van der Waals surface area contributed by atoms with Crippen LogP contribution < -0.4 is 0 Å². The SMILES string of the molecule is [N-]=[N+]=NC[C@H]1C[C@H]1F. The molecule has 1 saturated carbocycles. The lowest BCUT2D eigenvalue weighted by molar-refractivity contribution is 0.448. The zero-order valence-corrected chi connectivity index (χ0v) is 4.29. The summed E-state index contributed by atoms with van der Waals surface area (Å²) in [6.45, 7) is 0.331. The molecular formula is C4H6FN3. The van der Waals surface area contributed by atoms with Crippen LogP contribution >= 0.6 is 0 Å². The fraction of sp³-hybridized carbons (Fsp3) is 1.00. The van der Waals surface area contributed by atoms with Crippen LogP contribution in [0.25, 0.3) is 10.4 Å². The molecule has 0 bridgehead atoms. The van der Waals surface area contributed by atoms with Gasteiger partial charge < -0.3 is 0 Å². The van der Waals surface area contributed by atoms with Crippen molar-refractivity contribution < 1.29 is 4.39 Å². The number of azide groups is 1. The van der Waals surface area contributed by atoms with Crippen molar-refractivity contribution in [1.82, 2.24) is 0 Å². The van der Waals surface area contributed by atoms with Crippen LogP contribution in [0.3, 0.4) is 0 Å². The summed E-state index contributed by atoms with van der Waals surface area (Å²) < 4.78 is 11.9. The van der Waals surface area contributed by atoms with Crippen molar-refractivity contribution >= 4 is 0 Å². The predicted octanol–water partition coefficient (Wildman–Crippen LogP) is 1.65. The number of hydrogen-bond acceptors (Lipinski definition) is 1. The summed E-state index contributed by atoms with van der Waals surface area (Å²) in [5, 5.41) is 3.22. The Bertz CT molecular complexity index is 129. The molecule has 4 heteroatoms. The second-order valence-corrected chi connectivity index (χ2v) is 1.93. The first-order chi connectivity index (χ1) is 3.84. The van der Waals surface area contributed by atoms with Crippen LogP contribution in [0.1, 0.15) is 6.42 Å². The highest BCUT2D eigenvalue weighted by Gasteiger charge is 2.36. The summed E-state index contributed by atoms with van der Waals surface area (Å²) in [6, 6.07) is 0. The lowest BCUT2D eigenvalue weighted by atomic mass is 10.4. The van der Waals surface area contributed by atoms with Crippen molar-refractivity contribution in [1.29, 1.82) is 0 Å². The van der Waals surface area contributed by atoms with Crippen molar-refractivity contribution in [3.05, 3.63) is 10.4 Å². The standard InChI is InChI=1S/C4H6FN3/c5-4-1-3(4)2-7-8-6/h3-4H,1-2H2/t3-,4-/m1/s1. The highest BCUT2D eigenvalue weighted by Crippen LogP contribution is 2.33. The molecule has 0 N–H and O–H groups in total. The maximum absolute atomic E-state index is 11.9. The summed E-state index contributed by atoms with van der Waals surface area (Å²) >= 11 is 0. The van der Waals surface area contributed by atoms with Crippen molar-refractivity contribution in [2.45, 2.75) is 12.6 Å². The van der Waals surface area contributed by atoms with Crippen LogP contribution in [0, 0.1) is 5.92 Å². The Morgan fingerprint density at radius 3 is 2.88 bits per heavy atom. The Hall–Kier alpha value is -0.760. The van der Waals surface area contributed by atoms with Gasteiger partial charge >= 0.3 is 0 Å². The predicted molar refractivity (Wildman–Crippen MR) is 27.0 cm³/mol. The van der Waals surface area contributed by atoms with E-state index in [2.05, 4.69) is 10.0 Å². The van der Waals surface area contributed by atoms with E-state index in [9.17, 15) is 4.39 Å². The van der Waals surface area contributed by atoms with E-state index < -0.39 is 6.17 Å². The van der Waals surface area contributed by atoms with E-state index in [-0.39, 0.29) is 5.92 Å². The van der Waals surface area contributed by atoms with E-state index in [0.29, 0.717) is 13.0 Å². The molecule has 0 aromatic carbocycles. The number of hydrogen-bond donors (Lipinski definition) is 0. The lowest BCUT2D eigenvalue weighted by Gasteiger charge is -1.78. The molecule has 0 amide bonds. The van der Waals surface area contributed by atoms with Gasteiger partial charge in [0.05, 0.1) is 0 Å². The second kappa shape index (κ2) is 2.01. The number of nitrogens with zero attached hydrogens (tertiary/aromatic N) is 3. The van der Waals surface area contributed by atoms with Gasteiger partial charge in [0.2, 0.25) is 0 Å². The van der Waals surface area contributed by atoms with Crippen LogP contribution in [0.4, 0.5) is 4.39 Å². The van der Waals surface area contributed by atoms with Gasteiger partial charge in [-0.25, -0.2) is 4.39 Å². The van der Waals surface area contributed by atoms with Crippen LogP contribution in [0.5, 0.6) is 0 Å². The van der Waals surface area contributed by atoms with Gasteiger partial charge in [0, 0.05) is 11.5 Å². The van der Waals surface area contributed by atoms with Crippen LogP contribution in [-0.4, -0.2) is 12.7 Å². The minimum atomic E-state index is -0.694. The normalized spacial score (nSPS) is 33.6. The molecule has 8 heavy (non-hydrogen) atoms. The molecule has 0 spiro atoms. The third-order valence-corrected chi connectivity index (χ3v) is 1.22. The smallest absolute Gasteiger partial charge is 0.104 e. The van der Waals surface area contributed by atoms with Crippen molar-refractivity contribution in [3.63, 3.8) is 0 Å². The third-order valence-electron chi connectivity index (χ3n) is 1.22. The minimum absolute atomic E-state index is 0.0332. The lowest BCUT2D eigenvalue weighted by Crippen LogP contribution is -1.82. The van der Waals surface area contributed by atoms with Crippen LogP contribution in [-0.2, 0) is 0 Å². The minimum Gasteiger partial charge on any atom is -0.247 e. The van der Waals surface area contributed by atoms with Gasteiger partial charge in [-0.3, -0.25) is 0 Å². The summed E-state index contributed by atoms with van der Waals surface area (Å²) in [6.07, 6.45) is -0.112. The average molecular weight is 115 g/mol. The van der Waals surface area contributed by atoms with Gasteiger partial charge in [0.1, 0.15) is 6.17 Å². The van der Waals surface area contributed by atoms with Crippen LogP contribution in [0.15, 0.2) is 5.11 Å². The van der Waals surface area contributed by atoms with Crippen molar-refractivity contribution in [3.8, 4) is 0 Å². The number of alkyl halides is 1. The zero-order valence-electron chi connectivity index (χ0n) is 4.29. The Morgan fingerprint density at radius 1 is 1.88 bits per heavy atom. The second-order valence-electron chi connectivity index (χ2n) is 1.93. The molecule has 0 aromatic heterocycles. The first-order valence-corrected chi connectivity index (χ1v) is 2.49. The molecule has 3 nitrogen and oxygen atoms in total. The van der Waals surface area contributed by atoms with E-state index >= 15 is 0 Å². The summed E-state index contributed by atoms with van der Waals surface area (Å²) in [4.78, 5) is 2.51. The number of halogens is 1. The molecule has 2 atom stereocenters. The van der Waals surface area contributed by atoms with E-state index in [1.807, 2.05) is 0 Å². The first kappa shape index (κ1) is 5.38. The molecule has 0 aliphatic heterocycles. The first-order valence-electron chi connectivity index (χ1n) is 2.49.